The number of nitrogens with zero attached hydrogens (tertiary/aromatic N) is 5. The van der Waals surface area contributed by atoms with E-state index in [0.717, 1.165) is 88.0 Å². The largest absolute Gasteiger partial charge is 0.373 e. The van der Waals surface area contributed by atoms with Crippen LogP contribution in [0.3, 0.4) is 0 Å². The van der Waals surface area contributed by atoms with Gasteiger partial charge >= 0.3 is 0 Å². The number of aromatic nitrogens is 2. The molecule has 5 heterocycles. The Morgan fingerprint density at radius 3 is 2.60 bits per heavy atom. The smallest absolute Gasteiger partial charge is 0.246 e. The number of rotatable bonds is 7. The lowest BCUT2D eigenvalue weighted by Crippen LogP contribution is -2.43. The molecule has 6 rings (SSSR count). The summed E-state index contributed by atoms with van der Waals surface area (Å²) in [4.78, 5) is 26.6. The normalized spacial score (nSPS) is 20.6. The lowest BCUT2D eigenvalue weighted by atomic mass is 9.94. The van der Waals surface area contributed by atoms with Crippen molar-refractivity contribution < 1.29 is 13.6 Å². The van der Waals surface area contributed by atoms with Crippen LogP contribution >= 0.6 is 0 Å². The Kier molecular flexibility index (Phi) is 7.69. The number of hydrogen-bond donors (Lipinski definition) is 2. The number of hydrogen-bond acceptors (Lipinski definition) is 6. The zero-order valence-corrected chi connectivity index (χ0v) is 23.1. The number of imidazole rings is 1. The minimum absolute atomic E-state index is 0.0855. The van der Waals surface area contributed by atoms with Crippen molar-refractivity contribution in [2.45, 2.75) is 57.9 Å². The molecule has 8 nitrogen and oxygen atoms in total. The maximum atomic E-state index is 14.1. The van der Waals surface area contributed by atoms with Gasteiger partial charge in [-0.3, -0.25) is 9.79 Å². The number of benzene rings is 1. The number of nitrogens with one attached hydrogen (secondary N) is 2. The van der Waals surface area contributed by atoms with Crippen LogP contribution in [0.5, 0.6) is 0 Å². The molecule has 0 radical (unpaired) electrons. The molecule has 4 aliphatic heterocycles. The summed E-state index contributed by atoms with van der Waals surface area (Å²) in [6.45, 7) is 7.98. The lowest BCUT2D eigenvalue weighted by molar-refractivity contribution is -0.119. The van der Waals surface area contributed by atoms with Crippen LogP contribution in [0.4, 0.5) is 8.78 Å². The van der Waals surface area contributed by atoms with E-state index in [0.29, 0.717) is 11.3 Å². The minimum atomic E-state index is -0.857. The van der Waals surface area contributed by atoms with Crippen molar-refractivity contribution in [1.29, 1.82) is 0 Å². The van der Waals surface area contributed by atoms with Crippen molar-refractivity contribution in [3.05, 3.63) is 65.0 Å². The monoisotopic (exact) mass is 549 g/mol. The molecule has 0 unspecified atom stereocenters. The Labute approximate surface area is 233 Å². The fourth-order valence-corrected chi connectivity index (χ4v) is 6.21. The number of halogens is 2. The second-order valence-corrected chi connectivity index (χ2v) is 11.1. The third-order valence-corrected chi connectivity index (χ3v) is 8.55. The van der Waals surface area contributed by atoms with Gasteiger partial charge in [0.25, 0.3) is 0 Å². The van der Waals surface area contributed by atoms with E-state index < -0.39 is 11.6 Å². The van der Waals surface area contributed by atoms with Crippen LogP contribution in [0, 0.1) is 11.6 Å². The minimum Gasteiger partial charge on any atom is -0.373 e. The van der Waals surface area contributed by atoms with Gasteiger partial charge in [-0.1, -0.05) is 6.92 Å². The van der Waals surface area contributed by atoms with E-state index in [4.69, 9.17) is 4.98 Å². The van der Waals surface area contributed by atoms with Gasteiger partial charge in [0, 0.05) is 62.2 Å². The molecule has 1 aromatic heterocycles. The average molecular weight is 550 g/mol. The molecule has 0 atom stereocenters. The van der Waals surface area contributed by atoms with Crippen LogP contribution in [-0.2, 0) is 11.3 Å². The standard InChI is InChI=1S/C30H37F2N7O/c1-2-20-15-26(28-29(33-17-20)34-18-27(40)36-28)38-11-7-21(8-12-38)30-35-25(22-5-6-23(31)24(32)16-22)19-39(30)14-13-37-9-3-4-10-37/h5-6,16-17,19,21H,2-4,7-15,18H2,1H3,(H,33,34)(H,36,40). The first kappa shape index (κ1) is 26.7. The third kappa shape index (κ3) is 5.54. The van der Waals surface area contributed by atoms with Crippen LogP contribution < -0.4 is 10.6 Å². The van der Waals surface area contributed by atoms with Crippen molar-refractivity contribution >= 4 is 11.7 Å². The van der Waals surface area contributed by atoms with Gasteiger partial charge in [0.05, 0.1) is 5.69 Å². The van der Waals surface area contributed by atoms with E-state index in [1.165, 1.54) is 30.5 Å². The van der Waals surface area contributed by atoms with Gasteiger partial charge in [0.2, 0.25) is 5.91 Å². The Morgan fingerprint density at radius 2 is 1.85 bits per heavy atom. The predicted octanol–water partition coefficient (Wildman–Crippen LogP) is 4.13. The molecule has 0 saturated carbocycles. The summed E-state index contributed by atoms with van der Waals surface area (Å²) < 4.78 is 29.9. The first-order valence-electron chi connectivity index (χ1n) is 14.5. The molecular formula is C30H37F2N7O. The van der Waals surface area contributed by atoms with Gasteiger partial charge in [-0.15, -0.1) is 0 Å². The van der Waals surface area contributed by atoms with Gasteiger partial charge in [-0.05, 0) is 69.0 Å². The van der Waals surface area contributed by atoms with E-state index in [9.17, 15) is 13.6 Å². The van der Waals surface area contributed by atoms with Gasteiger partial charge in [0.15, 0.2) is 17.5 Å². The van der Waals surface area contributed by atoms with Crippen LogP contribution in [0.15, 0.2) is 52.6 Å². The zero-order chi connectivity index (χ0) is 27.6. The molecule has 212 valence electrons. The quantitative estimate of drug-likeness (QED) is 0.543. The molecule has 40 heavy (non-hydrogen) atoms. The molecule has 2 fully saturated rings. The fraction of sp³-hybridized carbons (Fsp3) is 0.500. The molecule has 2 N–H and O–H groups in total. The molecule has 1 amide bonds. The van der Waals surface area contributed by atoms with Crippen LogP contribution in [0.2, 0.25) is 0 Å². The Bertz CT molecular complexity index is 1360. The van der Waals surface area contributed by atoms with Gasteiger partial charge in [0.1, 0.15) is 18.1 Å². The van der Waals surface area contributed by atoms with Crippen molar-refractivity contribution in [1.82, 2.24) is 30.0 Å². The van der Waals surface area contributed by atoms with Gasteiger partial charge in [-0.25, -0.2) is 13.8 Å². The zero-order valence-electron chi connectivity index (χ0n) is 23.1. The number of likely N-dealkylation sites (tertiary alicyclic amines) is 2. The number of allylic oxidation sites excluding steroid dienone is 1. The topological polar surface area (TPSA) is 77.8 Å². The van der Waals surface area contributed by atoms with Gasteiger partial charge < -0.3 is 25.0 Å². The molecule has 10 heteroatoms. The van der Waals surface area contributed by atoms with Crippen molar-refractivity contribution in [3.8, 4) is 11.3 Å². The summed E-state index contributed by atoms with van der Waals surface area (Å²) in [5.74, 6) is 0.202. The van der Waals surface area contributed by atoms with Crippen LogP contribution in [0.25, 0.3) is 11.3 Å². The number of amidine groups is 1. The Morgan fingerprint density at radius 1 is 1.05 bits per heavy atom. The molecule has 0 spiro atoms. The number of carbonyl (C=O) groups is 1. The molecule has 2 saturated heterocycles. The number of piperidine rings is 1. The van der Waals surface area contributed by atoms with Crippen LogP contribution in [0.1, 0.15) is 57.2 Å². The molecule has 0 aliphatic carbocycles. The fourth-order valence-electron chi connectivity index (χ4n) is 6.21. The highest BCUT2D eigenvalue weighted by Crippen LogP contribution is 2.34. The summed E-state index contributed by atoms with van der Waals surface area (Å²) in [5, 5.41) is 6.37. The molecule has 2 aromatic rings. The summed E-state index contributed by atoms with van der Waals surface area (Å²) in [6, 6.07) is 4.00. The van der Waals surface area contributed by atoms with E-state index in [1.54, 1.807) is 6.07 Å². The van der Waals surface area contributed by atoms with E-state index in [-0.39, 0.29) is 18.4 Å². The van der Waals surface area contributed by atoms with E-state index in [1.807, 2.05) is 12.4 Å². The van der Waals surface area contributed by atoms with E-state index in [2.05, 4.69) is 36.9 Å². The summed E-state index contributed by atoms with van der Waals surface area (Å²) in [5.41, 5.74) is 4.45. The number of fused-ring (bicyclic) bond motifs is 1. The predicted molar refractivity (Wildman–Crippen MR) is 150 cm³/mol. The van der Waals surface area contributed by atoms with E-state index >= 15 is 0 Å². The molecule has 1 aromatic carbocycles. The van der Waals surface area contributed by atoms with Gasteiger partial charge in [-0.2, -0.15) is 0 Å². The number of aliphatic imine (C=N–C) groups is 1. The lowest BCUT2D eigenvalue weighted by Gasteiger charge is -2.36. The third-order valence-electron chi connectivity index (χ3n) is 8.55. The molecule has 0 bridgehead atoms. The molecule has 4 aliphatic rings. The summed E-state index contributed by atoms with van der Waals surface area (Å²) in [6.07, 6.45) is 10.0. The highest BCUT2D eigenvalue weighted by atomic mass is 19.2. The second kappa shape index (κ2) is 11.5. The summed E-state index contributed by atoms with van der Waals surface area (Å²) in [7, 11) is 0. The van der Waals surface area contributed by atoms with Crippen molar-refractivity contribution in [3.63, 3.8) is 0 Å². The van der Waals surface area contributed by atoms with Crippen molar-refractivity contribution in [2.24, 2.45) is 4.99 Å². The Balaban J connectivity index is 1.24. The Hall–Kier alpha value is -3.53. The first-order valence-corrected chi connectivity index (χ1v) is 14.5. The average Bonchev–Trinajstić information content (AvgIpc) is 3.61. The maximum Gasteiger partial charge on any atom is 0.246 e. The number of carbonyl (C=O) groups excluding carboxylic acids is 1. The number of amides is 1. The molecular weight excluding hydrogens is 512 g/mol. The highest BCUT2D eigenvalue weighted by Gasteiger charge is 2.31. The maximum absolute atomic E-state index is 14.1. The SMILES string of the molecule is CCC1=CNC2=NCC(=O)NC2=C(N2CCC(c3nc(-c4ccc(F)c(F)c4)cn3CCN3CCCC3)CC2)C1. The van der Waals surface area contributed by atoms with Crippen LogP contribution in [-0.4, -0.2) is 70.4 Å². The highest BCUT2D eigenvalue weighted by molar-refractivity contribution is 6.06. The van der Waals surface area contributed by atoms with Crippen molar-refractivity contribution in [2.75, 3.05) is 39.3 Å². The second-order valence-electron chi connectivity index (χ2n) is 11.1. The first-order chi connectivity index (χ1) is 19.5. The summed E-state index contributed by atoms with van der Waals surface area (Å²) >= 11 is 0.